The lowest BCUT2D eigenvalue weighted by Crippen LogP contribution is -2.04. The second-order valence-corrected chi connectivity index (χ2v) is 5.63. The monoisotopic (exact) mass is 302 g/mol. The average molecular weight is 303 g/mol. The maximum absolute atomic E-state index is 12.8. The number of phenols is 1. The fraction of sp³-hybridized carbons (Fsp3) is 0.0769. The van der Waals surface area contributed by atoms with Gasteiger partial charge in [0.25, 0.3) is 0 Å². The molecule has 0 aliphatic carbocycles. The van der Waals surface area contributed by atoms with Gasteiger partial charge in [0, 0.05) is 25.2 Å². The van der Waals surface area contributed by atoms with E-state index in [0.717, 1.165) is 16.8 Å². The lowest BCUT2D eigenvalue weighted by molar-refractivity contribution is -0.138. The van der Waals surface area contributed by atoms with Crippen LogP contribution in [-0.4, -0.2) is 5.11 Å². The van der Waals surface area contributed by atoms with Crippen LogP contribution < -0.4 is 0 Å². The summed E-state index contributed by atoms with van der Waals surface area (Å²) < 4.78 is 39.7. The van der Waals surface area contributed by atoms with Crippen molar-refractivity contribution in [2.24, 2.45) is 0 Å². The number of hydrogen-bond acceptors (Lipinski definition) is 2. The number of aromatic hydroxyl groups is 1. The summed E-state index contributed by atoms with van der Waals surface area (Å²) in [5.41, 5.74) is -1.02. The third-order valence-corrected chi connectivity index (χ3v) is 4.21. The van der Waals surface area contributed by atoms with E-state index in [1.807, 2.05) is 0 Å². The van der Waals surface area contributed by atoms with Crippen LogP contribution >= 0.6 is 22.9 Å². The predicted octanol–water partition coefficient (Wildman–Crippen LogP) is 5.43. The molecule has 98 valence electrons. The van der Waals surface area contributed by atoms with E-state index in [4.69, 9.17) is 11.6 Å². The SMILES string of the molecule is Oc1cc2sc3cc(Cl)ccc3c2cc1C(F)(F)F. The van der Waals surface area contributed by atoms with Gasteiger partial charge in [-0.2, -0.15) is 13.2 Å². The minimum atomic E-state index is -4.57. The molecule has 1 N–H and O–H groups in total. The summed E-state index contributed by atoms with van der Waals surface area (Å²) in [5.74, 6) is -0.752. The van der Waals surface area contributed by atoms with Crippen LogP contribution in [0.5, 0.6) is 5.75 Å². The van der Waals surface area contributed by atoms with E-state index in [9.17, 15) is 18.3 Å². The summed E-state index contributed by atoms with van der Waals surface area (Å²) in [5, 5.41) is 11.2. The molecule has 1 heterocycles. The van der Waals surface area contributed by atoms with Crippen LogP contribution in [0.3, 0.4) is 0 Å². The first kappa shape index (κ1) is 12.6. The molecule has 0 unspecified atom stereocenters. The molecule has 0 bridgehead atoms. The molecule has 3 rings (SSSR count). The molecule has 1 aromatic heterocycles. The quantitative estimate of drug-likeness (QED) is 0.587. The number of benzene rings is 2. The van der Waals surface area contributed by atoms with Gasteiger partial charge >= 0.3 is 6.18 Å². The molecule has 19 heavy (non-hydrogen) atoms. The number of alkyl halides is 3. The van der Waals surface area contributed by atoms with Crippen LogP contribution in [0.2, 0.25) is 5.02 Å². The summed E-state index contributed by atoms with van der Waals surface area (Å²) in [6.45, 7) is 0. The molecular weight excluding hydrogens is 297 g/mol. The van der Waals surface area contributed by atoms with Crippen LogP contribution in [-0.2, 0) is 6.18 Å². The van der Waals surface area contributed by atoms with E-state index in [0.29, 0.717) is 20.5 Å². The van der Waals surface area contributed by atoms with E-state index in [-0.39, 0.29) is 0 Å². The third-order valence-electron chi connectivity index (χ3n) is 2.86. The highest BCUT2D eigenvalue weighted by Gasteiger charge is 2.34. The summed E-state index contributed by atoms with van der Waals surface area (Å²) in [7, 11) is 0. The highest BCUT2D eigenvalue weighted by molar-refractivity contribution is 7.25. The van der Waals surface area contributed by atoms with Gasteiger partial charge in [-0.3, -0.25) is 0 Å². The molecule has 3 aromatic rings. The molecule has 1 nitrogen and oxygen atoms in total. The van der Waals surface area contributed by atoms with Gasteiger partial charge in [0.1, 0.15) is 5.75 Å². The van der Waals surface area contributed by atoms with E-state index in [2.05, 4.69) is 0 Å². The first-order valence-electron chi connectivity index (χ1n) is 5.28. The van der Waals surface area contributed by atoms with Gasteiger partial charge in [-0.15, -0.1) is 11.3 Å². The summed E-state index contributed by atoms with van der Waals surface area (Å²) in [4.78, 5) is 0. The Balaban J connectivity index is 2.41. The van der Waals surface area contributed by atoms with Crippen molar-refractivity contribution in [3.8, 4) is 5.75 Å². The summed E-state index contributed by atoms with van der Waals surface area (Å²) in [6, 6.07) is 7.16. The number of fused-ring (bicyclic) bond motifs is 3. The molecule has 0 spiro atoms. The fourth-order valence-corrected chi connectivity index (χ4v) is 3.41. The fourth-order valence-electron chi connectivity index (χ4n) is 2.01. The number of hydrogen-bond donors (Lipinski definition) is 1. The molecule has 2 aromatic carbocycles. The van der Waals surface area contributed by atoms with Crippen molar-refractivity contribution in [3.05, 3.63) is 40.9 Å². The van der Waals surface area contributed by atoms with Gasteiger partial charge < -0.3 is 5.11 Å². The third kappa shape index (κ3) is 2.03. The number of rotatable bonds is 0. The van der Waals surface area contributed by atoms with E-state index in [1.165, 1.54) is 11.3 Å². The number of thiophene rings is 1. The van der Waals surface area contributed by atoms with Crippen molar-refractivity contribution in [3.63, 3.8) is 0 Å². The molecule has 6 heteroatoms. The Bertz CT molecular complexity index is 792. The van der Waals surface area contributed by atoms with Crippen molar-refractivity contribution in [2.45, 2.75) is 6.18 Å². The van der Waals surface area contributed by atoms with Crippen LogP contribution in [0.25, 0.3) is 20.2 Å². The lowest BCUT2D eigenvalue weighted by Gasteiger charge is -2.08. The lowest BCUT2D eigenvalue weighted by atomic mass is 10.1. The highest BCUT2D eigenvalue weighted by atomic mass is 35.5. The molecule has 0 saturated carbocycles. The molecular formula is C13H6ClF3OS. The molecule has 0 atom stereocenters. The van der Waals surface area contributed by atoms with Crippen molar-refractivity contribution in [1.82, 2.24) is 0 Å². The Hall–Kier alpha value is -1.46. The maximum atomic E-state index is 12.8. The minimum absolute atomic E-state index is 0.474. The van der Waals surface area contributed by atoms with Crippen molar-refractivity contribution < 1.29 is 18.3 Å². The van der Waals surface area contributed by atoms with Gasteiger partial charge in [0.15, 0.2) is 0 Å². The average Bonchev–Trinajstić information content (AvgIpc) is 2.62. The highest BCUT2D eigenvalue weighted by Crippen LogP contribution is 2.43. The topological polar surface area (TPSA) is 20.2 Å². The molecule has 0 saturated heterocycles. The van der Waals surface area contributed by atoms with Crippen molar-refractivity contribution in [1.29, 1.82) is 0 Å². The maximum Gasteiger partial charge on any atom is 0.419 e. The Morgan fingerprint density at radius 1 is 1.00 bits per heavy atom. The zero-order valence-corrected chi connectivity index (χ0v) is 10.8. The second-order valence-electron chi connectivity index (χ2n) is 4.11. The predicted molar refractivity (Wildman–Crippen MR) is 71.0 cm³/mol. The summed E-state index contributed by atoms with van der Waals surface area (Å²) in [6.07, 6.45) is -4.57. The number of phenolic OH excluding ortho intramolecular Hbond substituents is 1. The first-order chi connectivity index (χ1) is 8.86. The van der Waals surface area contributed by atoms with Crippen LogP contribution in [0.1, 0.15) is 5.56 Å². The standard InChI is InChI=1S/C13H6ClF3OS/c14-6-1-2-7-8-4-9(13(15,16)17)10(18)5-12(8)19-11(7)3-6/h1-5,18H. The molecule has 0 fully saturated rings. The smallest absolute Gasteiger partial charge is 0.419 e. The number of halogens is 4. The second kappa shape index (κ2) is 4.02. The molecule has 0 radical (unpaired) electrons. The van der Waals surface area contributed by atoms with Gasteiger partial charge in [-0.05, 0) is 24.3 Å². The van der Waals surface area contributed by atoms with Crippen LogP contribution in [0.4, 0.5) is 13.2 Å². The zero-order chi connectivity index (χ0) is 13.8. The van der Waals surface area contributed by atoms with Crippen molar-refractivity contribution in [2.75, 3.05) is 0 Å². The Labute approximate surface area is 114 Å². The summed E-state index contributed by atoms with van der Waals surface area (Å²) >= 11 is 7.16. The van der Waals surface area contributed by atoms with Crippen LogP contribution in [0.15, 0.2) is 30.3 Å². The van der Waals surface area contributed by atoms with E-state index < -0.39 is 17.5 Å². The Morgan fingerprint density at radius 2 is 1.68 bits per heavy atom. The van der Waals surface area contributed by atoms with E-state index in [1.54, 1.807) is 18.2 Å². The molecule has 0 amide bonds. The minimum Gasteiger partial charge on any atom is -0.507 e. The Kier molecular flexibility index (Phi) is 2.66. The van der Waals surface area contributed by atoms with Crippen molar-refractivity contribution >= 4 is 43.1 Å². The van der Waals surface area contributed by atoms with E-state index >= 15 is 0 Å². The molecule has 0 aliphatic rings. The largest absolute Gasteiger partial charge is 0.507 e. The van der Waals surface area contributed by atoms with Gasteiger partial charge in [0.2, 0.25) is 0 Å². The first-order valence-corrected chi connectivity index (χ1v) is 6.47. The molecule has 0 aliphatic heterocycles. The van der Waals surface area contributed by atoms with Gasteiger partial charge in [0.05, 0.1) is 5.56 Å². The Morgan fingerprint density at radius 3 is 2.37 bits per heavy atom. The normalized spacial score (nSPS) is 12.4. The van der Waals surface area contributed by atoms with Gasteiger partial charge in [-0.1, -0.05) is 17.7 Å². The van der Waals surface area contributed by atoms with Gasteiger partial charge in [-0.25, -0.2) is 0 Å². The zero-order valence-electron chi connectivity index (χ0n) is 9.25. The van der Waals surface area contributed by atoms with Crippen LogP contribution in [0, 0.1) is 0 Å².